The molecule has 0 aliphatic carbocycles. The summed E-state index contributed by atoms with van der Waals surface area (Å²) in [6.45, 7) is 1.94. The molecular weight excluding hydrogens is 332 g/mol. The Morgan fingerprint density at radius 2 is 1.96 bits per heavy atom. The molecule has 26 heavy (non-hydrogen) atoms. The van der Waals surface area contributed by atoms with Gasteiger partial charge in [0.15, 0.2) is 11.5 Å². The van der Waals surface area contributed by atoms with Gasteiger partial charge in [-0.25, -0.2) is 0 Å². The van der Waals surface area contributed by atoms with Crippen LogP contribution in [0.5, 0.6) is 0 Å². The number of nitrogens with one attached hydrogen (secondary N) is 2. The molecule has 0 saturated carbocycles. The van der Waals surface area contributed by atoms with Gasteiger partial charge in [0.05, 0.1) is 0 Å². The van der Waals surface area contributed by atoms with Crippen LogP contribution in [0.25, 0.3) is 5.65 Å². The van der Waals surface area contributed by atoms with Crippen molar-refractivity contribution in [2.75, 3.05) is 32.1 Å². The summed E-state index contributed by atoms with van der Waals surface area (Å²) in [4.78, 5) is 12.1. The van der Waals surface area contributed by atoms with Crippen molar-refractivity contribution in [2.45, 2.75) is 12.8 Å². The number of carbonyl (C=O) groups excluding carboxylic acids is 1. The van der Waals surface area contributed by atoms with Crippen LogP contribution >= 0.6 is 0 Å². The fraction of sp³-hybridized carbons (Fsp3) is 0.333. The number of aromatic nitrogens is 4. The topological polar surface area (TPSA) is 93.4 Å². The fourth-order valence-corrected chi connectivity index (χ4v) is 2.50. The molecule has 0 saturated heterocycles. The number of hydrogen-bond donors (Lipinski definition) is 2. The van der Waals surface area contributed by atoms with E-state index in [2.05, 4.69) is 25.9 Å². The minimum Gasteiger partial charge on any atom is -0.385 e. The van der Waals surface area contributed by atoms with Crippen molar-refractivity contribution in [1.82, 2.24) is 25.1 Å². The average Bonchev–Trinajstić information content (AvgIpc) is 3.08. The molecule has 0 radical (unpaired) electrons. The highest BCUT2D eigenvalue weighted by Crippen LogP contribution is 2.08. The molecule has 0 unspecified atom stereocenters. The van der Waals surface area contributed by atoms with Gasteiger partial charge < -0.3 is 15.4 Å². The van der Waals surface area contributed by atoms with Crippen LogP contribution in [-0.2, 0) is 11.2 Å². The average molecular weight is 354 g/mol. The van der Waals surface area contributed by atoms with Crippen LogP contribution in [0, 0.1) is 0 Å². The summed E-state index contributed by atoms with van der Waals surface area (Å²) in [5.41, 5.74) is 1.32. The Labute approximate surface area is 151 Å². The molecule has 0 bridgehead atoms. The molecule has 0 aliphatic heterocycles. The Balaban J connectivity index is 1.58. The van der Waals surface area contributed by atoms with E-state index < -0.39 is 0 Å². The molecule has 0 spiro atoms. The van der Waals surface area contributed by atoms with Crippen molar-refractivity contribution in [2.24, 2.45) is 0 Å². The number of anilines is 1. The first-order chi connectivity index (χ1) is 12.8. The summed E-state index contributed by atoms with van der Waals surface area (Å²) in [7, 11) is 1.68. The fourth-order valence-electron chi connectivity index (χ4n) is 2.50. The molecule has 8 nitrogen and oxygen atoms in total. The molecule has 3 rings (SSSR count). The van der Waals surface area contributed by atoms with E-state index in [9.17, 15) is 4.79 Å². The molecule has 3 aromatic rings. The monoisotopic (exact) mass is 354 g/mol. The van der Waals surface area contributed by atoms with Crippen molar-refractivity contribution >= 4 is 17.4 Å². The normalized spacial score (nSPS) is 10.8. The Morgan fingerprint density at radius 3 is 2.77 bits per heavy atom. The van der Waals surface area contributed by atoms with E-state index in [-0.39, 0.29) is 5.91 Å². The van der Waals surface area contributed by atoms with E-state index in [1.807, 2.05) is 30.3 Å². The Morgan fingerprint density at radius 1 is 1.12 bits per heavy atom. The minimum absolute atomic E-state index is 0.104. The largest absolute Gasteiger partial charge is 0.385 e. The van der Waals surface area contributed by atoms with Gasteiger partial charge in [0.25, 0.3) is 5.91 Å². The number of benzene rings is 1. The van der Waals surface area contributed by atoms with Gasteiger partial charge in [0.2, 0.25) is 0 Å². The third-order valence-electron chi connectivity index (χ3n) is 3.83. The number of fused-ring (bicyclic) bond motifs is 1. The first-order valence-corrected chi connectivity index (χ1v) is 8.55. The van der Waals surface area contributed by atoms with E-state index in [1.165, 1.54) is 0 Å². The number of carbonyl (C=O) groups is 1. The van der Waals surface area contributed by atoms with Gasteiger partial charge in [-0.2, -0.15) is 4.52 Å². The van der Waals surface area contributed by atoms with Crippen molar-refractivity contribution < 1.29 is 9.53 Å². The molecule has 2 heterocycles. The number of ether oxygens (including phenoxy) is 1. The van der Waals surface area contributed by atoms with Gasteiger partial charge in [-0.15, -0.1) is 15.3 Å². The second-order valence-corrected chi connectivity index (χ2v) is 5.75. The number of nitrogens with zero attached hydrogens (tertiary/aromatic N) is 4. The zero-order chi connectivity index (χ0) is 18.2. The van der Waals surface area contributed by atoms with Crippen LogP contribution in [0.15, 0.2) is 42.5 Å². The van der Waals surface area contributed by atoms with E-state index in [0.717, 1.165) is 18.8 Å². The highest BCUT2D eigenvalue weighted by Gasteiger charge is 2.09. The Bertz CT molecular complexity index is 849. The maximum atomic E-state index is 12.1. The molecule has 136 valence electrons. The van der Waals surface area contributed by atoms with Crippen molar-refractivity contribution in [3.05, 3.63) is 53.9 Å². The van der Waals surface area contributed by atoms with Gasteiger partial charge in [0.1, 0.15) is 5.82 Å². The molecule has 1 aromatic carbocycles. The van der Waals surface area contributed by atoms with E-state index in [4.69, 9.17) is 4.74 Å². The SMILES string of the molecule is COCCCNc1ccc2nnc(CCNC(=O)c3ccccc3)n2n1. The summed E-state index contributed by atoms with van der Waals surface area (Å²) in [6, 6.07) is 12.9. The number of rotatable bonds is 9. The molecule has 0 fully saturated rings. The van der Waals surface area contributed by atoms with Crippen LogP contribution in [0.1, 0.15) is 22.6 Å². The maximum Gasteiger partial charge on any atom is 0.251 e. The second kappa shape index (κ2) is 8.91. The zero-order valence-electron chi connectivity index (χ0n) is 14.7. The quantitative estimate of drug-likeness (QED) is 0.566. The molecule has 8 heteroatoms. The summed E-state index contributed by atoms with van der Waals surface area (Å²) in [5, 5.41) is 18.9. The second-order valence-electron chi connectivity index (χ2n) is 5.75. The highest BCUT2D eigenvalue weighted by atomic mass is 16.5. The Kier molecular flexibility index (Phi) is 6.10. The predicted molar refractivity (Wildman–Crippen MR) is 98.2 cm³/mol. The Hall–Kier alpha value is -3.00. The summed E-state index contributed by atoms with van der Waals surface area (Å²) < 4.78 is 6.73. The van der Waals surface area contributed by atoms with E-state index in [1.54, 1.807) is 23.8 Å². The van der Waals surface area contributed by atoms with E-state index >= 15 is 0 Å². The van der Waals surface area contributed by atoms with E-state index in [0.29, 0.717) is 36.6 Å². The summed E-state index contributed by atoms with van der Waals surface area (Å²) >= 11 is 0. The van der Waals surface area contributed by atoms with Crippen molar-refractivity contribution in [1.29, 1.82) is 0 Å². The lowest BCUT2D eigenvalue weighted by Crippen LogP contribution is -2.26. The first kappa shape index (κ1) is 17.8. The summed E-state index contributed by atoms with van der Waals surface area (Å²) in [6.07, 6.45) is 1.44. The highest BCUT2D eigenvalue weighted by molar-refractivity contribution is 5.94. The molecule has 2 N–H and O–H groups in total. The first-order valence-electron chi connectivity index (χ1n) is 8.55. The van der Waals surface area contributed by atoms with Crippen LogP contribution in [0.3, 0.4) is 0 Å². The number of amides is 1. The molecule has 2 aromatic heterocycles. The summed E-state index contributed by atoms with van der Waals surface area (Å²) in [5.74, 6) is 1.35. The lowest BCUT2D eigenvalue weighted by molar-refractivity contribution is 0.0954. The van der Waals surface area contributed by atoms with Crippen LogP contribution in [0.4, 0.5) is 5.82 Å². The zero-order valence-corrected chi connectivity index (χ0v) is 14.7. The lowest BCUT2D eigenvalue weighted by Gasteiger charge is -2.06. The maximum absolute atomic E-state index is 12.1. The van der Waals surface area contributed by atoms with Crippen LogP contribution in [0.2, 0.25) is 0 Å². The van der Waals surface area contributed by atoms with Crippen molar-refractivity contribution in [3.8, 4) is 0 Å². The molecule has 1 amide bonds. The van der Waals surface area contributed by atoms with Gasteiger partial charge in [-0.3, -0.25) is 4.79 Å². The minimum atomic E-state index is -0.104. The molecular formula is C18H22N6O2. The van der Waals surface area contributed by atoms with Gasteiger partial charge in [-0.1, -0.05) is 18.2 Å². The smallest absolute Gasteiger partial charge is 0.251 e. The van der Waals surface area contributed by atoms with Crippen molar-refractivity contribution in [3.63, 3.8) is 0 Å². The van der Waals surface area contributed by atoms with Gasteiger partial charge in [-0.05, 0) is 30.7 Å². The number of hydrogen-bond acceptors (Lipinski definition) is 6. The standard InChI is InChI=1S/C18H22N6O2/c1-26-13-5-11-19-15-8-9-16-21-22-17(24(16)23-15)10-12-20-18(25)14-6-3-2-4-7-14/h2-4,6-9H,5,10-13H2,1H3,(H,19,23)(H,20,25). The molecule has 0 aliphatic rings. The molecule has 0 atom stereocenters. The third-order valence-corrected chi connectivity index (χ3v) is 3.83. The predicted octanol–water partition coefficient (Wildman–Crippen LogP) is 1.55. The van der Waals surface area contributed by atoms with Crippen LogP contribution < -0.4 is 10.6 Å². The van der Waals surface area contributed by atoms with Crippen LogP contribution in [-0.4, -0.2) is 52.5 Å². The number of methoxy groups -OCH3 is 1. The van der Waals surface area contributed by atoms with Gasteiger partial charge >= 0.3 is 0 Å². The van der Waals surface area contributed by atoms with Gasteiger partial charge in [0, 0.05) is 38.8 Å². The lowest BCUT2D eigenvalue weighted by atomic mass is 10.2. The third kappa shape index (κ3) is 4.54.